The van der Waals surface area contributed by atoms with E-state index in [-0.39, 0.29) is 0 Å². The smallest absolute Gasteiger partial charge is 0.134 e. The third-order valence-electron chi connectivity index (χ3n) is 2.05. The minimum absolute atomic E-state index is 0.755. The van der Waals surface area contributed by atoms with E-state index in [0.29, 0.717) is 0 Å². The van der Waals surface area contributed by atoms with Crippen LogP contribution in [-0.4, -0.2) is 6.54 Å². The van der Waals surface area contributed by atoms with E-state index in [9.17, 15) is 0 Å². The first-order valence-electron chi connectivity index (χ1n) is 4.20. The lowest BCUT2D eigenvalue weighted by atomic mass is 10.1. The predicted molar refractivity (Wildman–Crippen MR) is 53.8 cm³/mol. The third kappa shape index (κ3) is 1.69. The van der Waals surface area contributed by atoms with Gasteiger partial charge in [0.15, 0.2) is 0 Å². The lowest BCUT2D eigenvalue weighted by Crippen LogP contribution is -2.03. The topological polar surface area (TPSA) is 25.2 Å². The average molecular weight is 196 g/mol. The molecule has 0 amide bonds. The minimum atomic E-state index is 0.755. The van der Waals surface area contributed by atoms with Crippen LogP contribution < -0.4 is 4.84 Å². The number of benzene rings is 1. The Labute approximate surface area is 81.6 Å². The maximum Gasteiger partial charge on any atom is 0.134 e. The molecule has 3 heteroatoms. The van der Waals surface area contributed by atoms with Gasteiger partial charge in [0.2, 0.25) is 0 Å². The highest BCUT2D eigenvalue weighted by Crippen LogP contribution is 2.20. The number of hydrogen-bond acceptors (Lipinski definition) is 2. The first-order chi connectivity index (χ1) is 6.42. The first-order valence-corrected chi connectivity index (χ1v) is 4.58. The summed E-state index contributed by atoms with van der Waals surface area (Å²) in [5.74, 6) is 0. The summed E-state index contributed by atoms with van der Waals surface area (Å²) in [6, 6.07) is 8.00. The summed E-state index contributed by atoms with van der Waals surface area (Å²) in [5.41, 5.74) is 2.14. The summed E-state index contributed by atoms with van der Waals surface area (Å²) in [6.45, 7) is 0.755. The van der Waals surface area contributed by atoms with Crippen molar-refractivity contribution in [1.29, 1.82) is 0 Å². The molecule has 1 aromatic heterocycles. The number of hydrogen-bond donors (Lipinski definition) is 1. The zero-order valence-corrected chi connectivity index (χ0v) is 7.84. The monoisotopic (exact) mass is 195 g/mol. The molecule has 13 heavy (non-hydrogen) atoms. The molecule has 0 radical (unpaired) electrons. The Bertz CT molecular complexity index is 396. The van der Waals surface area contributed by atoms with E-state index in [2.05, 4.69) is 10.9 Å². The second-order valence-electron chi connectivity index (χ2n) is 2.89. The zero-order chi connectivity index (χ0) is 9.10. The lowest BCUT2D eigenvalue weighted by molar-refractivity contribution is 0.610. The average Bonchev–Trinajstić information content (AvgIpc) is 2.58. The SMILES string of the molecule is ClNCCc1coc2ccccc12. The standard InChI is InChI=1S/C10H10ClNO/c11-12-6-5-8-7-13-10-4-2-1-3-9(8)10/h1-4,7,12H,5-6H2. The van der Waals surface area contributed by atoms with Gasteiger partial charge >= 0.3 is 0 Å². The van der Waals surface area contributed by atoms with Crippen LogP contribution in [0.1, 0.15) is 5.56 Å². The van der Waals surface area contributed by atoms with Crippen LogP contribution in [0.2, 0.25) is 0 Å². The molecule has 0 fully saturated rings. The van der Waals surface area contributed by atoms with E-state index in [0.717, 1.165) is 18.5 Å². The molecular weight excluding hydrogens is 186 g/mol. The summed E-state index contributed by atoms with van der Waals surface area (Å²) in [6.07, 6.45) is 2.68. The van der Waals surface area contributed by atoms with Crippen molar-refractivity contribution in [3.8, 4) is 0 Å². The van der Waals surface area contributed by atoms with Gasteiger partial charge in [-0.05, 0) is 29.8 Å². The molecule has 0 aliphatic carbocycles. The molecule has 1 aromatic carbocycles. The van der Waals surface area contributed by atoms with Crippen LogP contribution >= 0.6 is 11.8 Å². The van der Waals surface area contributed by atoms with Crippen molar-refractivity contribution in [3.63, 3.8) is 0 Å². The first kappa shape index (κ1) is 8.60. The van der Waals surface area contributed by atoms with Gasteiger partial charge in [0.25, 0.3) is 0 Å². The van der Waals surface area contributed by atoms with Crippen LogP contribution in [0.15, 0.2) is 34.9 Å². The Morgan fingerprint density at radius 3 is 3.00 bits per heavy atom. The molecule has 0 saturated heterocycles. The van der Waals surface area contributed by atoms with Gasteiger partial charge in [-0.3, -0.25) is 0 Å². The molecule has 2 nitrogen and oxygen atoms in total. The van der Waals surface area contributed by atoms with Crippen molar-refractivity contribution in [2.24, 2.45) is 0 Å². The summed E-state index contributed by atoms with van der Waals surface area (Å²) in [7, 11) is 0. The molecule has 0 atom stereocenters. The van der Waals surface area contributed by atoms with Gasteiger partial charge in [0.05, 0.1) is 6.26 Å². The molecule has 2 aromatic rings. The van der Waals surface area contributed by atoms with Crippen molar-refractivity contribution in [2.45, 2.75) is 6.42 Å². The van der Waals surface area contributed by atoms with Crippen LogP contribution in [0, 0.1) is 0 Å². The van der Waals surface area contributed by atoms with Gasteiger partial charge in [-0.25, -0.2) is 4.84 Å². The normalized spacial score (nSPS) is 10.8. The molecular formula is C10H10ClNO. The van der Waals surface area contributed by atoms with Gasteiger partial charge in [-0.15, -0.1) is 0 Å². The van der Waals surface area contributed by atoms with E-state index in [1.807, 2.05) is 18.2 Å². The van der Waals surface area contributed by atoms with Crippen molar-refractivity contribution < 1.29 is 4.42 Å². The maximum absolute atomic E-state index is 5.39. The summed E-state index contributed by atoms with van der Waals surface area (Å²) in [5, 5.41) is 1.18. The number of rotatable bonds is 3. The zero-order valence-electron chi connectivity index (χ0n) is 7.09. The van der Waals surface area contributed by atoms with Gasteiger partial charge in [-0.1, -0.05) is 18.2 Å². The Morgan fingerprint density at radius 1 is 1.31 bits per heavy atom. The number of halogens is 1. The van der Waals surface area contributed by atoms with Crippen molar-refractivity contribution in [3.05, 3.63) is 36.1 Å². The molecule has 1 heterocycles. The molecule has 1 N–H and O–H groups in total. The minimum Gasteiger partial charge on any atom is -0.464 e. The van der Waals surface area contributed by atoms with Crippen LogP contribution in [0.4, 0.5) is 0 Å². The van der Waals surface area contributed by atoms with Crippen molar-refractivity contribution >= 4 is 22.7 Å². The molecule has 0 saturated carbocycles. The Morgan fingerprint density at radius 2 is 2.15 bits per heavy atom. The molecule has 0 unspecified atom stereocenters. The molecule has 68 valence electrons. The maximum atomic E-state index is 5.39. The summed E-state index contributed by atoms with van der Waals surface area (Å²) >= 11 is 5.39. The van der Waals surface area contributed by atoms with Crippen LogP contribution in [0.5, 0.6) is 0 Å². The highest BCUT2D eigenvalue weighted by Gasteiger charge is 2.03. The summed E-state index contributed by atoms with van der Waals surface area (Å²) in [4.78, 5) is 2.60. The summed E-state index contributed by atoms with van der Waals surface area (Å²) < 4.78 is 5.38. The molecule has 0 bridgehead atoms. The fourth-order valence-electron chi connectivity index (χ4n) is 1.41. The Kier molecular flexibility index (Phi) is 2.52. The number of nitrogens with one attached hydrogen (secondary N) is 1. The fourth-order valence-corrected chi connectivity index (χ4v) is 1.50. The Balaban J connectivity index is 2.35. The van der Waals surface area contributed by atoms with Crippen molar-refractivity contribution in [1.82, 2.24) is 4.84 Å². The second kappa shape index (κ2) is 3.81. The molecule has 0 aliphatic rings. The van der Waals surface area contributed by atoms with E-state index >= 15 is 0 Å². The van der Waals surface area contributed by atoms with Gasteiger partial charge in [0.1, 0.15) is 5.58 Å². The lowest BCUT2D eigenvalue weighted by Gasteiger charge is -1.94. The quantitative estimate of drug-likeness (QED) is 0.762. The van der Waals surface area contributed by atoms with Crippen LogP contribution in [0.25, 0.3) is 11.0 Å². The van der Waals surface area contributed by atoms with E-state index < -0.39 is 0 Å². The van der Waals surface area contributed by atoms with E-state index in [1.54, 1.807) is 6.26 Å². The third-order valence-corrected chi connectivity index (χ3v) is 2.24. The fraction of sp³-hybridized carbons (Fsp3) is 0.200. The molecule has 0 spiro atoms. The highest BCUT2D eigenvalue weighted by molar-refractivity contribution is 6.13. The van der Waals surface area contributed by atoms with E-state index in [1.165, 1.54) is 10.9 Å². The largest absolute Gasteiger partial charge is 0.464 e. The number of furan rings is 1. The second-order valence-corrected chi connectivity index (χ2v) is 3.16. The molecule has 2 rings (SSSR count). The van der Waals surface area contributed by atoms with Crippen molar-refractivity contribution in [2.75, 3.05) is 6.54 Å². The number of para-hydroxylation sites is 1. The van der Waals surface area contributed by atoms with E-state index in [4.69, 9.17) is 16.2 Å². The molecule has 0 aliphatic heterocycles. The number of fused-ring (bicyclic) bond motifs is 1. The van der Waals surface area contributed by atoms with Gasteiger partial charge in [0, 0.05) is 11.9 Å². The van der Waals surface area contributed by atoms with Gasteiger partial charge in [-0.2, -0.15) is 0 Å². The highest BCUT2D eigenvalue weighted by atomic mass is 35.5. The predicted octanol–water partition coefficient (Wildman–Crippen LogP) is 2.72. The van der Waals surface area contributed by atoms with Crippen LogP contribution in [-0.2, 0) is 6.42 Å². The van der Waals surface area contributed by atoms with Gasteiger partial charge < -0.3 is 4.42 Å². The van der Waals surface area contributed by atoms with Crippen LogP contribution in [0.3, 0.4) is 0 Å². The Hall–Kier alpha value is -0.990.